The van der Waals surface area contributed by atoms with Crippen LogP contribution in [0.5, 0.6) is 0 Å². The first-order valence-corrected chi connectivity index (χ1v) is 11.8. The van der Waals surface area contributed by atoms with Gasteiger partial charge in [0.25, 0.3) is 0 Å². The molecule has 3 rings (SSSR count). The number of hydrogen-bond donors (Lipinski definition) is 1. The second-order valence-corrected chi connectivity index (χ2v) is 9.80. The van der Waals surface area contributed by atoms with E-state index in [9.17, 15) is 13.2 Å². The predicted molar refractivity (Wildman–Crippen MR) is 115 cm³/mol. The summed E-state index contributed by atoms with van der Waals surface area (Å²) in [6, 6.07) is 18.9. The SMILES string of the molecule is C[C@@H](CCc1ccccc1)NC(=O)CC1CCN(S(=O)(=O)c2ccccc2)CC1. The van der Waals surface area contributed by atoms with E-state index < -0.39 is 10.0 Å². The third-order valence-electron chi connectivity index (χ3n) is 5.54. The fourth-order valence-electron chi connectivity index (χ4n) is 3.79. The number of aryl methyl sites for hydroxylation is 1. The number of piperidine rings is 1. The first-order valence-electron chi connectivity index (χ1n) is 10.3. The highest BCUT2D eigenvalue weighted by Crippen LogP contribution is 2.25. The van der Waals surface area contributed by atoms with Crippen molar-refractivity contribution in [2.24, 2.45) is 5.92 Å². The van der Waals surface area contributed by atoms with Gasteiger partial charge >= 0.3 is 0 Å². The number of hydrogen-bond acceptors (Lipinski definition) is 3. The zero-order valence-electron chi connectivity index (χ0n) is 17.0. The third kappa shape index (κ3) is 6.15. The predicted octanol–water partition coefficient (Wildman–Crippen LogP) is 3.61. The molecule has 1 N–H and O–H groups in total. The van der Waals surface area contributed by atoms with E-state index in [1.165, 1.54) is 5.56 Å². The van der Waals surface area contributed by atoms with E-state index in [1.54, 1.807) is 28.6 Å². The van der Waals surface area contributed by atoms with Gasteiger partial charge in [-0.3, -0.25) is 4.79 Å². The smallest absolute Gasteiger partial charge is 0.243 e. The molecule has 0 unspecified atom stereocenters. The number of amides is 1. The second kappa shape index (κ2) is 10.0. The molecule has 1 fully saturated rings. The topological polar surface area (TPSA) is 66.5 Å². The minimum atomic E-state index is -3.43. The normalized spacial score (nSPS) is 17.0. The maximum atomic E-state index is 12.7. The number of nitrogens with one attached hydrogen (secondary N) is 1. The van der Waals surface area contributed by atoms with Crippen LogP contribution in [0.25, 0.3) is 0 Å². The van der Waals surface area contributed by atoms with E-state index in [0.717, 1.165) is 25.7 Å². The van der Waals surface area contributed by atoms with Crippen molar-refractivity contribution in [3.8, 4) is 0 Å². The molecule has 0 radical (unpaired) electrons. The summed E-state index contributed by atoms with van der Waals surface area (Å²) in [6.07, 6.45) is 3.76. The van der Waals surface area contributed by atoms with E-state index in [4.69, 9.17) is 0 Å². The number of nitrogens with zero attached hydrogens (tertiary/aromatic N) is 1. The van der Waals surface area contributed by atoms with Gasteiger partial charge in [0.2, 0.25) is 15.9 Å². The van der Waals surface area contributed by atoms with Crippen LogP contribution in [-0.2, 0) is 21.2 Å². The zero-order chi connectivity index (χ0) is 20.7. The van der Waals surface area contributed by atoms with E-state index >= 15 is 0 Å². The highest BCUT2D eigenvalue weighted by Gasteiger charge is 2.30. The first kappa shape index (κ1) is 21.5. The Kier molecular flexibility index (Phi) is 7.45. The van der Waals surface area contributed by atoms with E-state index in [1.807, 2.05) is 31.2 Å². The molecule has 0 saturated carbocycles. The summed E-state index contributed by atoms with van der Waals surface area (Å²) in [5.74, 6) is 0.300. The molecular weight excluding hydrogens is 384 g/mol. The number of rotatable bonds is 8. The van der Waals surface area contributed by atoms with E-state index in [2.05, 4.69) is 17.4 Å². The fraction of sp³-hybridized carbons (Fsp3) is 0.435. The van der Waals surface area contributed by atoms with Crippen LogP contribution in [0.2, 0.25) is 0 Å². The van der Waals surface area contributed by atoms with Crippen LogP contribution in [0.15, 0.2) is 65.6 Å². The Labute approximate surface area is 174 Å². The Morgan fingerprint density at radius 1 is 1.03 bits per heavy atom. The molecule has 1 aliphatic heterocycles. The molecule has 1 amide bonds. The van der Waals surface area contributed by atoms with Crippen LogP contribution in [0, 0.1) is 5.92 Å². The molecule has 0 bridgehead atoms. The molecule has 29 heavy (non-hydrogen) atoms. The molecule has 1 heterocycles. The minimum Gasteiger partial charge on any atom is -0.354 e. The lowest BCUT2D eigenvalue weighted by atomic mass is 9.94. The zero-order valence-corrected chi connectivity index (χ0v) is 17.8. The van der Waals surface area contributed by atoms with Crippen molar-refractivity contribution in [1.82, 2.24) is 9.62 Å². The molecule has 0 aromatic heterocycles. The molecule has 2 aromatic rings. The van der Waals surface area contributed by atoms with E-state index in [-0.39, 0.29) is 17.9 Å². The number of carbonyl (C=O) groups excluding carboxylic acids is 1. The van der Waals surface area contributed by atoms with Crippen molar-refractivity contribution < 1.29 is 13.2 Å². The van der Waals surface area contributed by atoms with Crippen LogP contribution in [0.4, 0.5) is 0 Å². The molecule has 0 spiro atoms. The summed E-state index contributed by atoms with van der Waals surface area (Å²) < 4.78 is 26.9. The van der Waals surface area contributed by atoms with Gasteiger partial charge in [0, 0.05) is 25.6 Å². The Morgan fingerprint density at radius 3 is 2.24 bits per heavy atom. The van der Waals surface area contributed by atoms with Gasteiger partial charge in [0.05, 0.1) is 4.90 Å². The van der Waals surface area contributed by atoms with Gasteiger partial charge in [-0.15, -0.1) is 0 Å². The summed E-state index contributed by atoms with van der Waals surface area (Å²) in [6.45, 7) is 2.98. The maximum absolute atomic E-state index is 12.7. The van der Waals surface area contributed by atoms with Gasteiger partial charge in [-0.05, 0) is 56.2 Å². The van der Waals surface area contributed by atoms with Gasteiger partial charge in [0.15, 0.2) is 0 Å². The second-order valence-electron chi connectivity index (χ2n) is 7.86. The van der Waals surface area contributed by atoms with Gasteiger partial charge in [-0.25, -0.2) is 8.42 Å². The average Bonchev–Trinajstić information content (AvgIpc) is 2.74. The summed E-state index contributed by atoms with van der Waals surface area (Å²) in [5, 5.41) is 3.09. The Balaban J connectivity index is 1.41. The molecule has 0 aliphatic carbocycles. The standard InChI is InChI=1S/C23H30N2O3S/c1-19(12-13-20-8-4-2-5-9-20)24-23(26)18-21-14-16-25(17-15-21)29(27,28)22-10-6-3-7-11-22/h2-11,19,21H,12-18H2,1H3,(H,24,26)/t19-/m0/s1. The summed E-state index contributed by atoms with van der Waals surface area (Å²) in [4.78, 5) is 12.7. The molecule has 1 saturated heterocycles. The lowest BCUT2D eigenvalue weighted by molar-refractivity contribution is -0.122. The van der Waals surface area contributed by atoms with Crippen molar-refractivity contribution >= 4 is 15.9 Å². The van der Waals surface area contributed by atoms with Crippen LogP contribution in [-0.4, -0.2) is 37.8 Å². The van der Waals surface area contributed by atoms with Crippen LogP contribution < -0.4 is 5.32 Å². The molecule has 1 atom stereocenters. The van der Waals surface area contributed by atoms with Crippen LogP contribution >= 0.6 is 0 Å². The molecule has 2 aromatic carbocycles. The lowest BCUT2D eigenvalue weighted by Crippen LogP contribution is -2.40. The van der Waals surface area contributed by atoms with Crippen LogP contribution in [0.1, 0.15) is 38.2 Å². The molecule has 156 valence electrons. The third-order valence-corrected chi connectivity index (χ3v) is 7.46. The van der Waals surface area contributed by atoms with Gasteiger partial charge in [-0.2, -0.15) is 4.31 Å². The monoisotopic (exact) mass is 414 g/mol. The highest BCUT2D eigenvalue weighted by atomic mass is 32.2. The van der Waals surface area contributed by atoms with Gasteiger partial charge in [0.1, 0.15) is 0 Å². The molecule has 5 nitrogen and oxygen atoms in total. The summed E-state index contributed by atoms with van der Waals surface area (Å²) >= 11 is 0. The maximum Gasteiger partial charge on any atom is 0.243 e. The van der Waals surface area contributed by atoms with Crippen LogP contribution in [0.3, 0.4) is 0 Å². The Morgan fingerprint density at radius 2 is 1.62 bits per heavy atom. The quantitative estimate of drug-likeness (QED) is 0.717. The first-order chi connectivity index (χ1) is 13.9. The highest BCUT2D eigenvalue weighted by molar-refractivity contribution is 7.89. The van der Waals surface area contributed by atoms with Crippen molar-refractivity contribution in [2.75, 3.05) is 13.1 Å². The lowest BCUT2D eigenvalue weighted by Gasteiger charge is -2.31. The van der Waals surface area contributed by atoms with Gasteiger partial charge < -0.3 is 5.32 Å². The van der Waals surface area contributed by atoms with E-state index in [0.29, 0.717) is 24.4 Å². The molecule has 1 aliphatic rings. The Hall–Kier alpha value is -2.18. The minimum absolute atomic E-state index is 0.0647. The van der Waals surface area contributed by atoms with Crippen molar-refractivity contribution in [1.29, 1.82) is 0 Å². The number of sulfonamides is 1. The summed E-state index contributed by atoms with van der Waals surface area (Å²) in [5.41, 5.74) is 1.28. The molecule has 6 heteroatoms. The Bertz CT molecular complexity index is 877. The number of benzene rings is 2. The fourth-order valence-corrected chi connectivity index (χ4v) is 5.28. The summed E-state index contributed by atoms with van der Waals surface area (Å²) in [7, 11) is -3.43. The average molecular weight is 415 g/mol. The van der Waals surface area contributed by atoms with Crippen molar-refractivity contribution in [2.45, 2.75) is 50.0 Å². The van der Waals surface area contributed by atoms with Crippen molar-refractivity contribution in [3.63, 3.8) is 0 Å². The van der Waals surface area contributed by atoms with Gasteiger partial charge in [-0.1, -0.05) is 48.5 Å². The number of carbonyl (C=O) groups is 1. The largest absolute Gasteiger partial charge is 0.354 e. The van der Waals surface area contributed by atoms with Crippen molar-refractivity contribution in [3.05, 3.63) is 66.2 Å². The molecular formula is C23H30N2O3S.